The third-order valence-corrected chi connectivity index (χ3v) is 2.96. The van der Waals surface area contributed by atoms with Crippen molar-refractivity contribution < 1.29 is 8.78 Å². The van der Waals surface area contributed by atoms with Gasteiger partial charge in [-0.15, -0.1) is 0 Å². The van der Waals surface area contributed by atoms with Gasteiger partial charge in [-0.1, -0.05) is 32.1 Å². The monoisotopic (exact) mass is 190 g/mol. The summed E-state index contributed by atoms with van der Waals surface area (Å²) >= 11 is 0. The van der Waals surface area contributed by atoms with E-state index in [-0.39, 0.29) is 6.67 Å². The van der Waals surface area contributed by atoms with Crippen LogP contribution in [0.5, 0.6) is 0 Å². The van der Waals surface area contributed by atoms with Crippen LogP contribution in [-0.2, 0) is 0 Å². The van der Waals surface area contributed by atoms with Crippen LogP contribution in [0.3, 0.4) is 0 Å². The number of hydrogen-bond donors (Lipinski definition) is 0. The van der Waals surface area contributed by atoms with E-state index in [2.05, 4.69) is 0 Å². The molecule has 1 aliphatic rings. The summed E-state index contributed by atoms with van der Waals surface area (Å²) in [4.78, 5) is 0. The average molecular weight is 190 g/mol. The van der Waals surface area contributed by atoms with Gasteiger partial charge < -0.3 is 0 Å². The Morgan fingerprint density at radius 2 is 1.85 bits per heavy atom. The van der Waals surface area contributed by atoms with E-state index in [0.29, 0.717) is 25.2 Å². The highest BCUT2D eigenvalue weighted by atomic mass is 19.1. The summed E-state index contributed by atoms with van der Waals surface area (Å²) in [6.07, 6.45) is 6.98. The van der Waals surface area contributed by atoms with Gasteiger partial charge in [0.1, 0.15) is 6.17 Å². The molecule has 0 aromatic heterocycles. The zero-order chi connectivity index (χ0) is 9.52. The summed E-state index contributed by atoms with van der Waals surface area (Å²) in [5.74, 6) is 0.586. The maximum Gasteiger partial charge on any atom is 0.100 e. The van der Waals surface area contributed by atoms with Crippen molar-refractivity contribution in [3.8, 4) is 0 Å². The van der Waals surface area contributed by atoms with Crippen molar-refractivity contribution in [3.63, 3.8) is 0 Å². The number of halogens is 2. The summed E-state index contributed by atoms with van der Waals surface area (Å²) in [5, 5.41) is 0. The van der Waals surface area contributed by atoms with Crippen LogP contribution in [0.25, 0.3) is 0 Å². The highest BCUT2D eigenvalue weighted by molar-refractivity contribution is 4.69. The molecule has 0 aromatic rings. The Bertz CT molecular complexity index is 119. The summed E-state index contributed by atoms with van der Waals surface area (Å²) in [6.45, 7) is -0.370. The van der Waals surface area contributed by atoms with Crippen molar-refractivity contribution in [3.05, 3.63) is 0 Å². The van der Waals surface area contributed by atoms with Gasteiger partial charge in [0.2, 0.25) is 0 Å². The van der Waals surface area contributed by atoms with Gasteiger partial charge in [0.05, 0.1) is 6.67 Å². The average Bonchev–Trinajstić information content (AvgIpc) is 2.16. The van der Waals surface area contributed by atoms with Gasteiger partial charge in [0, 0.05) is 0 Å². The Hall–Kier alpha value is -0.140. The first-order chi connectivity index (χ1) is 6.33. The molecule has 0 aromatic carbocycles. The van der Waals surface area contributed by atoms with Crippen molar-refractivity contribution in [2.24, 2.45) is 5.92 Å². The third kappa shape index (κ3) is 4.58. The molecule has 13 heavy (non-hydrogen) atoms. The van der Waals surface area contributed by atoms with Crippen LogP contribution in [0.1, 0.15) is 51.4 Å². The lowest BCUT2D eigenvalue weighted by Gasteiger charge is -2.22. The molecular weight excluding hydrogens is 170 g/mol. The molecule has 0 saturated heterocycles. The van der Waals surface area contributed by atoms with Crippen LogP contribution in [-0.4, -0.2) is 12.8 Å². The van der Waals surface area contributed by atoms with Gasteiger partial charge in [0.15, 0.2) is 0 Å². The Morgan fingerprint density at radius 3 is 2.46 bits per heavy atom. The van der Waals surface area contributed by atoms with Gasteiger partial charge >= 0.3 is 0 Å². The molecule has 0 amide bonds. The molecule has 0 bridgehead atoms. The molecule has 1 rings (SSSR count). The van der Waals surface area contributed by atoms with Crippen molar-refractivity contribution in [2.75, 3.05) is 6.67 Å². The van der Waals surface area contributed by atoms with Crippen LogP contribution < -0.4 is 0 Å². The maximum absolute atomic E-state index is 13.2. The second-order valence-electron chi connectivity index (χ2n) is 4.17. The molecule has 1 unspecified atom stereocenters. The Morgan fingerprint density at radius 1 is 1.15 bits per heavy atom. The first kappa shape index (κ1) is 10.9. The second kappa shape index (κ2) is 6.33. The molecular formula is C11H20F2. The summed E-state index contributed by atoms with van der Waals surface area (Å²) in [5.41, 5.74) is 0. The molecule has 1 aliphatic carbocycles. The van der Waals surface area contributed by atoms with Gasteiger partial charge in [-0.05, 0) is 25.2 Å². The number of hydrogen-bond acceptors (Lipinski definition) is 0. The van der Waals surface area contributed by atoms with E-state index in [9.17, 15) is 8.78 Å². The molecule has 0 nitrogen and oxygen atoms in total. The SMILES string of the molecule is FCCCC(F)CC1CCCCC1. The van der Waals surface area contributed by atoms with Crippen molar-refractivity contribution >= 4 is 0 Å². The van der Waals surface area contributed by atoms with Crippen molar-refractivity contribution in [1.82, 2.24) is 0 Å². The lowest BCUT2D eigenvalue weighted by molar-refractivity contribution is 0.213. The second-order valence-corrected chi connectivity index (χ2v) is 4.17. The zero-order valence-corrected chi connectivity index (χ0v) is 8.27. The fourth-order valence-corrected chi connectivity index (χ4v) is 2.20. The van der Waals surface area contributed by atoms with Crippen molar-refractivity contribution in [2.45, 2.75) is 57.5 Å². The third-order valence-electron chi connectivity index (χ3n) is 2.96. The fraction of sp³-hybridized carbons (Fsp3) is 1.00. The lowest BCUT2D eigenvalue weighted by Crippen LogP contribution is -2.13. The van der Waals surface area contributed by atoms with Crippen LogP contribution in [0, 0.1) is 5.92 Å². The molecule has 0 spiro atoms. The van der Waals surface area contributed by atoms with E-state index < -0.39 is 6.17 Å². The number of rotatable bonds is 5. The van der Waals surface area contributed by atoms with Gasteiger partial charge in [0.25, 0.3) is 0 Å². The Balaban J connectivity index is 2.07. The smallest absolute Gasteiger partial charge is 0.100 e. The van der Waals surface area contributed by atoms with Gasteiger partial charge in [-0.3, -0.25) is 4.39 Å². The minimum atomic E-state index is -0.751. The van der Waals surface area contributed by atoms with E-state index >= 15 is 0 Å². The van der Waals surface area contributed by atoms with Crippen LogP contribution in [0.4, 0.5) is 8.78 Å². The summed E-state index contributed by atoms with van der Waals surface area (Å²) in [7, 11) is 0. The molecule has 1 saturated carbocycles. The summed E-state index contributed by atoms with van der Waals surface area (Å²) < 4.78 is 25.0. The minimum Gasteiger partial charge on any atom is -0.251 e. The lowest BCUT2D eigenvalue weighted by atomic mass is 9.85. The van der Waals surface area contributed by atoms with Crippen molar-refractivity contribution in [1.29, 1.82) is 0 Å². The fourth-order valence-electron chi connectivity index (χ4n) is 2.20. The molecule has 0 N–H and O–H groups in total. The molecule has 78 valence electrons. The minimum absolute atomic E-state index is 0.370. The van der Waals surface area contributed by atoms with Crippen LogP contribution in [0.2, 0.25) is 0 Å². The first-order valence-electron chi connectivity index (χ1n) is 5.53. The largest absolute Gasteiger partial charge is 0.251 e. The normalized spacial score (nSPS) is 21.7. The maximum atomic E-state index is 13.2. The molecule has 0 heterocycles. The van der Waals surface area contributed by atoms with E-state index in [1.165, 1.54) is 32.1 Å². The van der Waals surface area contributed by atoms with Crippen LogP contribution in [0.15, 0.2) is 0 Å². The standard InChI is InChI=1S/C11H20F2/c12-8-4-7-11(13)9-10-5-2-1-3-6-10/h10-11H,1-9H2. The molecule has 1 fully saturated rings. The van der Waals surface area contributed by atoms with Gasteiger partial charge in [-0.2, -0.15) is 0 Å². The van der Waals surface area contributed by atoms with E-state index in [1.54, 1.807) is 0 Å². The molecule has 0 radical (unpaired) electrons. The van der Waals surface area contributed by atoms with E-state index in [4.69, 9.17) is 0 Å². The quantitative estimate of drug-likeness (QED) is 0.613. The van der Waals surface area contributed by atoms with Gasteiger partial charge in [-0.25, -0.2) is 4.39 Å². The summed E-state index contributed by atoms with van der Waals surface area (Å²) in [6, 6.07) is 0. The van der Waals surface area contributed by atoms with Crippen LogP contribution >= 0.6 is 0 Å². The topological polar surface area (TPSA) is 0 Å². The highest BCUT2D eigenvalue weighted by Gasteiger charge is 2.17. The first-order valence-corrected chi connectivity index (χ1v) is 5.53. The molecule has 2 heteroatoms. The predicted octanol–water partition coefficient (Wildman–Crippen LogP) is 4.04. The molecule has 0 aliphatic heterocycles. The zero-order valence-electron chi connectivity index (χ0n) is 8.27. The number of alkyl halides is 2. The Labute approximate surface area is 79.7 Å². The highest BCUT2D eigenvalue weighted by Crippen LogP contribution is 2.29. The Kier molecular flexibility index (Phi) is 5.33. The van der Waals surface area contributed by atoms with E-state index in [0.717, 1.165) is 0 Å². The molecule has 1 atom stereocenters. The van der Waals surface area contributed by atoms with E-state index in [1.807, 2.05) is 0 Å². The predicted molar refractivity (Wildman–Crippen MR) is 51.3 cm³/mol.